The van der Waals surface area contributed by atoms with Crippen molar-refractivity contribution in [1.29, 1.82) is 0 Å². The Bertz CT molecular complexity index is 1600. The van der Waals surface area contributed by atoms with E-state index in [4.69, 9.17) is 19.9 Å². The molecular weight excluding hydrogens is 569 g/mol. The molecule has 3 aromatic carbocycles. The number of thiazole rings is 1. The first kappa shape index (κ1) is 29.6. The molecule has 0 aliphatic carbocycles. The number of esters is 1. The summed E-state index contributed by atoms with van der Waals surface area (Å²) in [4.78, 5) is 31.0. The number of nitro groups is 1. The smallest absolute Gasteiger partial charge is 0.336 e. The third-order valence-electron chi connectivity index (χ3n) is 8.53. The Morgan fingerprint density at radius 3 is 2.10 bits per heavy atom. The minimum atomic E-state index is -1.78. The molecule has 1 aliphatic heterocycles. The van der Waals surface area contributed by atoms with Crippen molar-refractivity contribution in [1.82, 2.24) is 4.98 Å². The SMILES string of the molecule is COC(=O)C(N)(c1ccc([N+](=O)[O-])cc1)c1csc(N2CC(c3ccccc3)(C(C)(C)C)C2(O[SiH3])c2ccccc2)n1. The van der Waals surface area contributed by atoms with Crippen molar-refractivity contribution in [2.75, 3.05) is 18.6 Å². The topological polar surface area (TPSA) is 121 Å². The summed E-state index contributed by atoms with van der Waals surface area (Å²) in [6, 6.07) is 26.2. The number of hydrogen-bond acceptors (Lipinski definition) is 9. The van der Waals surface area contributed by atoms with Crippen LogP contribution in [0.15, 0.2) is 90.3 Å². The minimum Gasteiger partial charge on any atom is -0.467 e. The zero-order valence-electron chi connectivity index (χ0n) is 24.2. The number of hydrogen-bond donors (Lipinski definition) is 1. The molecule has 3 unspecified atom stereocenters. The van der Waals surface area contributed by atoms with Crippen LogP contribution < -0.4 is 10.6 Å². The van der Waals surface area contributed by atoms with E-state index in [1.807, 2.05) is 24.3 Å². The van der Waals surface area contributed by atoms with E-state index in [1.54, 1.807) is 5.38 Å². The van der Waals surface area contributed by atoms with Gasteiger partial charge >= 0.3 is 5.97 Å². The molecule has 2 heterocycles. The Morgan fingerprint density at radius 1 is 1.02 bits per heavy atom. The van der Waals surface area contributed by atoms with Gasteiger partial charge in [0.25, 0.3) is 5.69 Å². The first-order chi connectivity index (χ1) is 20.0. The lowest BCUT2D eigenvalue weighted by Crippen LogP contribution is -2.79. The molecule has 11 heteroatoms. The average molecular weight is 603 g/mol. The number of nitrogens with zero attached hydrogens (tertiary/aromatic N) is 3. The molecule has 2 N–H and O–H groups in total. The maximum Gasteiger partial charge on any atom is 0.336 e. The van der Waals surface area contributed by atoms with Crippen molar-refractivity contribution in [3.8, 4) is 0 Å². The summed E-state index contributed by atoms with van der Waals surface area (Å²) < 4.78 is 11.9. The molecule has 0 radical (unpaired) electrons. The van der Waals surface area contributed by atoms with Crippen molar-refractivity contribution in [2.24, 2.45) is 11.1 Å². The molecule has 1 aliphatic rings. The Kier molecular flexibility index (Phi) is 7.56. The second-order valence-electron chi connectivity index (χ2n) is 11.4. The second kappa shape index (κ2) is 10.7. The van der Waals surface area contributed by atoms with Crippen LogP contribution in [0, 0.1) is 15.5 Å². The van der Waals surface area contributed by atoms with E-state index in [1.165, 1.54) is 48.3 Å². The van der Waals surface area contributed by atoms with Crippen molar-refractivity contribution in [2.45, 2.75) is 37.5 Å². The third kappa shape index (κ3) is 4.18. The Morgan fingerprint density at radius 2 is 1.60 bits per heavy atom. The molecule has 5 rings (SSSR count). The van der Waals surface area contributed by atoms with Crippen LogP contribution in [0.4, 0.5) is 10.8 Å². The van der Waals surface area contributed by atoms with E-state index in [0.29, 0.717) is 27.7 Å². The van der Waals surface area contributed by atoms with Crippen LogP contribution in [-0.4, -0.2) is 40.0 Å². The summed E-state index contributed by atoms with van der Waals surface area (Å²) in [6.07, 6.45) is 0. The number of aromatic nitrogens is 1. The Hall–Kier alpha value is -3.90. The molecule has 0 saturated carbocycles. The standard InChI is InChI=1S/C31H34N4O5SSi/c1-28(2,3)29(21-11-7-5-8-12-21)20-34(31(29,40-42)23-13-9-6-10-14-23)27-33-25(19-41-27)30(32,26(36)39-4)22-15-17-24(18-16-22)35(37)38/h5-19H,20,32H2,1-4,42H3. The minimum absolute atomic E-state index is 0.109. The molecule has 218 valence electrons. The largest absolute Gasteiger partial charge is 0.467 e. The average Bonchev–Trinajstić information content (AvgIpc) is 3.47. The number of benzene rings is 3. The molecule has 0 bridgehead atoms. The Balaban J connectivity index is 1.67. The highest BCUT2D eigenvalue weighted by atomic mass is 32.1. The molecule has 1 aromatic heterocycles. The van der Waals surface area contributed by atoms with Crippen molar-refractivity contribution >= 4 is 38.6 Å². The fourth-order valence-electron chi connectivity index (χ4n) is 6.40. The predicted octanol–water partition coefficient (Wildman–Crippen LogP) is 4.38. The predicted molar refractivity (Wildman–Crippen MR) is 166 cm³/mol. The molecule has 4 aromatic rings. The molecule has 1 saturated heterocycles. The van der Waals surface area contributed by atoms with Gasteiger partial charge in [0.1, 0.15) is 10.5 Å². The van der Waals surface area contributed by atoms with Crippen LogP contribution in [0.2, 0.25) is 0 Å². The van der Waals surface area contributed by atoms with Gasteiger partial charge in [-0.1, -0.05) is 81.4 Å². The number of anilines is 1. The molecule has 1 fully saturated rings. The summed E-state index contributed by atoms with van der Waals surface area (Å²) in [5.41, 5.74) is 6.12. The van der Waals surface area contributed by atoms with E-state index in [2.05, 4.69) is 62.1 Å². The van der Waals surface area contributed by atoms with Gasteiger partial charge in [-0.3, -0.25) is 10.1 Å². The molecular formula is C31H34N4O5SSi. The van der Waals surface area contributed by atoms with E-state index >= 15 is 0 Å². The summed E-state index contributed by atoms with van der Waals surface area (Å²) in [5.74, 6) is -0.724. The lowest BCUT2D eigenvalue weighted by Gasteiger charge is -2.70. The number of ether oxygens (including phenoxy) is 1. The van der Waals surface area contributed by atoms with Gasteiger partial charge in [0, 0.05) is 29.6 Å². The molecule has 9 nitrogen and oxygen atoms in total. The number of nitro benzene ring substituents is 1. The highest BCUT2D eigenvalue weighted by Crippen LogP contribution is 2.64. The number of methoxy groups -OCH3 is 1. The van der Waals surface area contributed by atoms with Crippen LogP contribution in [0.5, 0.6) is 0 Å². The van der Waals surface area contributed by atoms with Gasteiger partial charge in [-0.15, -0.1) is 11.3 Å². The molecule has 3 atom stereocenters. The monoisotopic (exact) mass is 602 g/mol. The fourth-order valence-corrected chi connectivity index (χ4v) is 8.13. The van der Waals surface area contributed by atoms with E-state index < -0.39 is 27.6 Å². The second-order valence-corrected chi connectivity index (χ2v) is 12.7. The van der Waals surface area contributed by atoms with Gasteiger partial charge < -0.3 is 19.8 Å². The van der Waals surface area contributed by atoms with Gasteiger partial charge in [0.15, 0.2) is 16.4 Å². The zero-order chi connectivity index (χ0) is 30.3. The van der Waals surface area contributed by atoms with Crippen LogP contribution in [0.3, 0.4) is 0 Å². The van der Waals surface area contributed by atoms with Crippen LogP contribution in [0.1, 0.15) is 43.2 Å². The van der Waals surface area contributed by atoms with Crippen molar-refractivity contribution < 1.29 is 18.9 Å². The third-order valence-corrected chi connectivity index (χ3v) is 9.98. The van der Waals surface area contributed by atoms with Gasteiger partial charge in [0.05, 0.1) is 23.1 Å². The lowest BCUT2D eigenvalue weighted by molar-refractivity contribution is -0.384. The van der Waals surface area contributed by atoms with Crippen LogP contribution in [0.25, 0.3) is 0 Å². The number of carbonyl (C=O) groups excluding carboxylic acids is 1. The zero-order valence-corrected chi connectivity index (χ0v) is 27.1. The van der Waals surface area contributed by atoms with Crippen molar-refractivity contribution in [3.05, 3.63) is 123 Å². The highest BCUT2D eigenvalue weighted by molar-refractivity contribution is 7.13. The van der Waals surface area contributed by atoms with Crippen LogP contribution >= 0.6 is 11.3 Å². The number of non-ortho nitro benzene ring substituents is 1. The summed E-state index contributed by atoms with van der Waals surface area (Å²) >= 11 is 1.36. The van der Waals surface area contributed by atoms with Gasteiger partial charge in [-0.05, 0) is 28.7 Å². The molecule has 42 heavy (non-hydrogen) atoms. The normalized spacial score (nSPS) is 21.8. The van der Waals surface area contributed by atoms with E-state index in [0.717, 1.165) is 5.56 Å². The number of rotatable bonds is 8. The summed E-state index contributed by atoms with van der Waals surface area (Å²) in [6.45, 7) is 7.32. The maximum atomic E-state index is 13.2. The summed E-state index contributed by atoms with van der Waals surface area (Å²) in [7, 11) is 1.70. The first-order valence-electron chi connectivity index (χ1n) is 13.5. The van der Waals surface area contributed by atoms with Gasteiger partial charge in [-0.2, -0.15) is 0 Å². The van der Waals surface area contributed by atoms with E-state index in [-0.39, 0.29) is 16.8 Å². The fraction of sp³-hybridized carbons (Fsp3) is 0.290. The molecule has 0 amide bonds. The molecule has 0 spiro atoms. The first-order valence-corrected chi connectivity index (χ1v) is 15.2. The van der Waals surface area contributed by atoms with Crippen molar-refractivity contribution in [3.63, 3.8) is 0 Å². The summed E-state index contributed by atoms with van der Waals surface area (Å²) in [5, 5.41) is 13.6. The maximum absolute atomic E-state index is 13.2. The number of carbonyl (C=O) groups is 1. The highest BCUT2D eigenvalue weighted by Gasteiger charge is 2.71. The lowest BCUT2D eigenvalue weighted by atomic mass is 9.50. The Labute approximate surface area is 252 Å². The quantitative estimate of drug-likeness (QED) is 0.137. The van der Waals surface area contributed by atoms with Gasteiger partial charge in [-0.25, -0.2) is 9.78 Å². The van der Waals surface area contributed by atoms with E-state index in [9.17, 15) is 14.9 Å². The van der Waals surface area contributed by atoms with Crippen LogP contribution in [-0.2, 0) is 30.6 Å². The van der Waals surface area contributed by atoms with Gasteiger partial charge in [0.2, 0.25) is 0 Å². The number of nitrogens with two attached hydrogens (primary N) is 1.